The molecule has 0 saturated heterocycles. The Morgan fingerprint density at radius 2 is 2.35 bits per heavy atom. The number of aromatic nitrogens is 3. The summed E-state index contributed by atoms with van der Waals surface area (Å²) in [5.74, 6) is 0.283. The number of aromatic amines is 1. The van der Waals surface area contributed by atoms with Gasteiger partial charge in [0.2, 0.25) is 0 Å². The minimum Gasteiger partial charge on any atom is -0.305 e. The Kier molecular flexibility index (Phi) is 3.39. The van der Waals surface area contributed by atoms with Crippen molar-refractivity contribution >= 4 is 23.3 Å². The van der Waals surface area contributed by atoms with Crippen LogP contribution >= 0.6 is 11.6 Å². The van der Waals surface area contributed by atoms with Gasteiger partial charge in [0.15, 0.2) is 0 Å². The number of hydrogen-bond acceptors (Lipinski definition) is 3. The van der Waals surface area contributed by atoms with Crippen LogP contribution in [0.2, 0.25) is 5.15 Å². The molecule has 0 unspecified atom stereocenters. The predicted octanol–water partition coefficient (Wildman–Crippen LogP) is 2.27. The van der Waals surface area contributed by atoms with Crippen molar-refractivity contribution in [1.29, 1.82) is 0 Å². The zero-order chi connectivity index (χ0) is 12.3. The van der Waals surface area contributed by atoms with Crippen molar-refractivity contribution in [3.8, 4) is 0 Å². The first-order chi connectivity index (χ1) is 8.20. The molecule has 6 heteroatoms. The molecule has 0 fully saturated rings. The highest BCUT2D eigenvalue weighted by atomic mass is 35.5. The minimum atomic E-state index is -0.313. The second-order valence-corrected chi connectivity index (χ2v) is 3.81. The molecule has 0 atom stereocenters. The van der Waals surface area contributed by atoms with E-state index in [2.05, 4.69) is 20.5 Å². The van der Waals surface area contributed by atoms with Gasteiger partial charge in [-0.1, -0.05) is 24.6 Å². The fraction of sp³-hybridized carbons (Fsp3) is 0.182. The zero-order valence-corrected chi connectivity index (χ0v) is 9.95. The topological polar surface area (TPSA) is 70.7 Å². The normalized spacial score (nSPS) is 10.2. The van der Waals surface area contributed by atoms with Crippen LogP contribution < -0.4 is 5.32 Å². The molecule has 0 spiro atoms. The van der Waals surface area contributed by atoms with Gasteiger partial charge in [0.1, 0.15) is 16.7 Å². The van der Waals surface area contributed by atoms with Gasteiger partial charge in [0, 0.05) is 5.56 Å². The largest absolute Gasteiger partial charge is 0.305 e. The van der Waals surface area contributed by atoms with E-state index in [0.717, 1.165) is 12.0 Å². The highest BCUT2D eigenvalue weighted by Gasteiger charge is 2.11. The second-order valence-electron chi connectivity index (χ2n) is 3.42. The minimum absolute atomic E-state index is 0.272. The number of amides is 1. The maximum atomic E-state index is 11.9. The van der Waals surface area contributed by atoms with Crippen molar-refractivity contribution < 1.29 is 4.79 Å². The molecule has 2 aromatic heterocycles. The average molecular weight is 251 g/mol. The van der Waals surface area contributed by atoms with Crippen LogP contribution in [0, 0.1) is 0 Å². The lowest BCUT2D eigenvalue weighted by molar-refractivity contribution is 0.102. The lowest BCUT2D eigenvalue weighted by atomic mass is 10.2. The van der Waals surface area contributed by atoms with E-state index in [0.29, 0.717) is 5.82 Å². The fourth-order valence-corrected chi connectivity index (χ4v) is 1.56. The Balaban J connectivity index is 2.17. The van der Waals surface area contributed by atoms with Crippen LogP contribution in [0.4, 0.5) is 5.82 Å². The number of nitrogens with zero attached hydrogens (tertiary/aromatic N) is 2. The highest BCUT2D eigenvalue weighted by Crippen LogP contribution is 2.13. The molecule has 0 aromatic carbocycles. The van der Waals surface area contributed by atoms with Gasteiger partial charge in [-0.2, -0.15) is 5.10 Å². The van der Waals surface area contributed by atoms with Gasteiger partial charge in [-0.15, -0.1) is 0 Å². The summed E-state index contributed by atoms with van der Waals surface area (Å²) in [7, 11) is 0. The summed E-state index contributed by atoms with van der Waals surface area (Å²) in [6.07, 6.45) is 2.47. The van der Waals surface area contributed by atoms with E-state index in [-0.39, 0.29) is 16.8 Å². The third-order valence-corrected chi connectivity index (χ3v) is 2.50. The number of carbonyl (C=O) groups is 1. The predicted molar refractivity (Wildman–Crippen MR) is 65.2 cm³/mol. The van der Waals surface area contributed by atoms with E-state index < -0.39 is 0 Å². The van der Waals surface area contributed by atoms with Crippen LogP contribution in [0.3, 0.4) is 0 Å². The molecule has 2 N–H and O–H groups in total. The molecule has 2 rings (SSSR count). The summed E-state index contributed by atoms with van der Waals surface area (Å²) >= 11 is 5.72. The number of rotatable bonds is 3. The van der Waals surface area contributed by atoms with Gasteiger partial charge in [-0.05, 0) is 18.6 Å². The Hall–Kier alpha value is -1.88. The Morgan fingerprint density at radius 1 is 1.53 bits per heavy atom. The van der Waals surface area contributed by atoms with Crippen molar-refractivity contribution in [2.45, 2.75) is 13.3 Å². The van der Waals surface area contributed by atoms with E-state index in [1.807, 2.05) is 6.92 Å². The van der Waals surface area contributed by atoms with Crippen LogP contribution in [0.25, 0.3) is 0 Å². The van der Waals surface area contributed by atoms with Gasteiger partial charge in [-0.3, -0.25) is 9.89 Å². The number of aryl methyl sites for hydroxylation is 1. The lowest BCUT2D eigenvalue weighted by Gasteiger charge is -2.04. The molecule has 1 amide bonds. The van der Waals surface area contributed by atoms with E-state index >= 15 is 0 Å². The maximum Gasteiger partial charge on any atom is 0.275 e. The quantitative estimate of drug-likeness (QED) is 0.821. The standard InChI is InChI=1S/C11H11ClN4O/c1-2-7-6-13-16-10(7)15-11(17)8-4-3-5-9(12)14-8/h3-6H,2H2,1H3,(H2,13,15,16,17). The van der Waals surface area contributed by atoms with Gasteiger partial charge in [0.25, 0.3) is 5.91 Å². The van der Waals surface area contributed by atoms with Gasteiger partial charge < -0.3 is 5.32 Å². The van der Waals surface area contributed by atoms with Crippen molar-refractivity contribution in [2.24, 2.45) is 0 Å². The van der Waals surface area contributed by atoms with Crippen LogP contribution in [0.15, 0.2) is 24.4 Å². The third kappa shape index (κ3) is 2.62. The average Bonchev–Trinajstić information content (AvgIpc) is 2.76. The molecule has 0 aliphatic carbocycles. The maximum absolute atomic E-state index is 11.9. The molecule has 0 bridgehead atoms. The Labute approximate surface area is 103 Å². The SMILES string of the molecule is CCc1cn[nH]c1NC(=O)c1cccc(Cl)n1. The van der Waals surface area contributed by atoms with E-state index in [9.17, 15) is 4.79 Å². The molecule has 5 nitrogen and oxygen atoms in total. The number of anilines is 1. The van der Waals surface area contributed by atoms with Crippen molar-refractivity contribution in [3.63, 3.8) is 0 Å². The van der Waals surface area contributed by atoms with Crippen LogP contribution in [-0.4, -0.2) is 21.1 Å². The van der Waals surface area contributed by atoms with Crippen LogP contribution in [0.1, 0.15) is 23.0 Å². The molecular formula is C11H11ClN4O. The van der Waals surface area contributed by atoms with E-state index in [1.54, 1.807) is 24.4 Å². The number of halogens is 1. The smallest absolute Gasteiger partial charge is 0.275 e. The summed E-state index contributed by atoms with van der Waals surface area (Å²) in [6.45, 7) is 1.98. The lowest BCUT2D eigenvalue weighted by Crippen LogP contribution is -2.14. The monoisotopic (exact) mass is 250 g/mol. The molecule has 0 radical (unpaired) electrons. The highest BCUT2D eigenvalue weighted by molar-refractivity contribution is 6.29. The first-order valence-corrected chi connectivity index (χ1v) is 5.54. The summed E-state index contributed by atoms with van der Waals surface area (Å²) in [5, 5.41) is 9.60. The van der Waals surface area contributed by atoms with Gasteiger partial charge >= 0.3 is 0 Å². The first-order valence-electron chi connectivity index (χ1n) is 5.17. The molecule has 0 saturated carbocycles. The van der Waals surface area contributed by atoms with Crippen LogP contribution in [0.5, 0.6) is 0 Å². The Morgan fingerprint density at radius 3 is 3.06 bits per heavy atom. The second kappa shape index (κ2) is 4.97. The molecule has 2 heterocycles. The molecule has 2 aromatic rings. The molecule has 0 aliphatic rings. The fourth-order valence-electron chi connectivity index (χ4n) is 1.40. The van der Waals surface area contributed by atoms with E-state index in [1.165, 1.54) is 0 Å². The number of H-pyrrole nitrogens is 1. The number of hydrogen-bond donors (Lipinski definition) is 2. The Bertz CT molecular complexity index is 538. The van der Waals surface area contributed by atoms with Gasteiger partial charge in [-0.25, -0.2) is 4.98 Å². The molecule has 17 heavy (non-hydrogen) atoms. The number of nitrogens with one attached hydrogen (secondary N) is 2. The summed E-state index contributed by atoms with van der Waals surface area (Å²) in [4.78, 5) is 15.8. The first kappa shape index (κ1) is 11.6. The molecular weight excluding hydrogens is 240 g/mol. The summed E-state index contributed by atoms with van der Waals surface area (Å²) < 4.78 is 0. The van der Waals surface area contributed by atoms with Crippen molar-refractivity contribution in [3.05, 3.63) is 40.8 Å². The zero-order valence-electron chi connectivity index (χ0n) is 9.20. The summed E-state index contributed by atoms with van der Waals surface area (Å²) in [5.41, 5.74) is 1.22. The van der Waals surface area contributed by atoms with Crippen molar-refractivity contribution in [1.82, 2.24) is 15.2 Å². The number of pyridine rings is 1. The van der Waals surface area contributed by atoms with Gasteiger partial charge in [0.05, 0.1) is 6.20 Å². The van der Waals surface area contributed by atoms with Crippen LogP contribution in [-0.2, 0) is 6.42 Å². The molecule has 88 valence electrons. The molecule has 0 aliphatic heterocycles. The number of carbonyl (C=O) groups excluding carboxylic acids is 1. The van der Waals surface area contributed by atoms with Crippen molar-refractivity contribution in [2.75, 3.05) is 5.32 Å². The summed E-state index contributed by atoms with van der Waals surface area (Å²) in [6, 6.07) is 4.90. The third-order valence-electron chi connectivity index (χ3n) is 2.29. The van der Waals surface area contributed by atoms with E-state index in [4.69, 9.17) is 11.6 Å².